The molecule has 2 aliphatic rings. The highest BCUT2D eigenvalue weighted by molar-refractivity contribution is 5.68. The molecule has 2 amide bonds. The molecule has 2 aliphatic carbocycles. The van der Waals surface area contributed by atoms with Gasteiger partial charge in [0.15, 0.2) is 0 Å². The second kappa shape index (κ2) is 10.3. The van der Waals surface area contributed by atoms with Gasteiger partial charge in [-0.15, -0.1) is 0 Å². The summed E-state index contributed by atoms with van der Waals surface area (Å²) >= 11 is 0. The molecule has 0 spiro atoms. The van der Waals surface area contributed by atoms with Crippen molar-refractivity contribution in [3.05, 3.63) is 0 Å². The Balaban J connectivity index is 0.000000280. The third-order valence-corrected chi connectivity index (χ3v) is 4.71. The fourth-order valence-corrected chi connectivity index (χ4v) is 2.87. The van der Waals surface area contributed by atoms with E-state index in [0.717, 1.165) is 25.7 Å². The SMILES string of the molecule is CC(C)(C)OC(=O)N[C@@H]1CC[C@H]1CO.CC(C)(C)OC(=O)N[C@H]1CC[C@@H]1CO. The molecule has 4 atom stereocenters. The average molecular weight is 403 g/mol. The monoisotopic (exact) mass is 402 g/mol. The molecule has 0 aromatic carbocycles. The largest absolute Gasteiger partial charge is 0.444 e. The molecule has 4 N–H and O–H groups in total. The molecule has 0 aromatic heterocycles. The van der Waals surface area contributed by atoms with Gasteiger partial charge in [0.05, 0.1) is 0 Å². The lowest BCUT2D eigenvalue weighted by molar-refractivity contribution is 0.0377. The quantitative estimate of drug-likeness (QED) is 0.574. The van der Waals surface area contributed by atoms with Gasteiger partial charge in [-0.05, 0) is 67.2 Å². The number of aliphatic hydroxyl groups is 2. The molecule has 0 radical (unpaired) electrons. The zero-order valence-corrected chi connectivity index (χ0v) is 18.1. The maximum Gasteiger partial charge on any atom is 0.407 e. The molecule has 2 rings (SSSR count). The Bertz CT molecular complexity index is 462. The van der Waals surface area contributed by atoms with E-state index in [9.17, 15) is 9.59 Å². The van der Waals surface area contributed by atoms with Crippen LogP contribution >= 0.6 is 0 Å². The number of carbonyl (C=O) groups excluding carboxylic acids is 2. The molecule has 8 heteroatoms. The van der Waals surface area contributed by atoms with Crippen molar-refractivity contribution in [2.24, 2.45) is 11.8 Å². The molecule has 0 aromatic rings. The van der Waals surface area contributed by atoms with Crippen LogP contribution in [-0.4, -0.2) is 58.9 Å². The summed E-state index contributed by atoms with van der Waals surface area (Å²) in [4.78, 5) is 22.6. The van der Waals surface area contributed by atoms with Crippen LogP contribution < -0.4 is 10.6 Å². The first kappa shape index (κ1) is 24.5. The van der Waals surface area contributed by atoms with Crippen LogP contribution in [0.15, 0.2) is 0 Å². The molecule has 8 nitrogen and oxygen atoms in total. The number of hydrogen-bond donors (Lipinski definition) is 4. The van der Waals surface area contributed by atoms with E-state index < -0.39 is 11.2 Å². The zero-order valence-electron chi connectivity index (χ0n) is 18.1. The van der Waals surface area contributed by atoms with Crippen LogP contribution in [0.3, 0.4) is 0 Å². The van der Waals surface area contributed by atoms with Crippen molar-refractivity contribution in [2.45, 2.75) is 90.5 Å². The summed E-state index contributed by atoms with van der Waals surface area (Å²) in [6.07, 6.45) is 3.06. The van der Waals surface area contributed by atoms with E-state index >= 15 is 0 Å². The maximum absolute atomic E-state index is 11.3. The molecule has 0 saturated heterocycles. The number of hydrogen-bond acceptors (Lipinski definition) is 6. The summed E-state index contributed by atoms with van der Waals surface area (Å²) < 4.78 is 10.2. The topological polar surface area (TPSA) is 117 Å². The van der Waals surface area contributed by atoms with Gasteiger partial charge in [0, 0.05) is 37.1 Å². The molecule has 2 saturated carbocycles. The van der Waals surface area contributed by atoms with Crippen molar-refractivity contribution in [2.75, 3.05) is 13.2 Å². The molecule has 0 unspecified atom stereocenters. The minimum absolute atomic E-state index is 0.0925. The smallest absolute Gasteiger partial charge is 0.407 e. The van der Waals surface area contributed by atoms with Crippen molar-refractivity contribution < 1.29 is 29.3 Å². The van der Waals surface area contributed by atoms with Gasteiger partial charge in [0.25, 0.3) is 0 Å². The van der Waals surface area contributed by atoms with Gasteiger partial charge >= 0.3 is 12.2 Å². The number of nitrogens with one attached hydrogen (secondary N) is 2. The van der Waals surface area contributed by atoms with Crippen LogP contribution in [0.5, 0.6) is 0 Å². The Hall–Kier alpha value is -1.54. The fourth-order valence-electron chi connectivity index (χ4n) is 2.87. The predicted octanol–water partition coefficient (Wildman–Crippen LogP) is 2.56. The average Bonchev–Trinajstić information content (AvgIpc) is 2.46. The van der Waals surface area contributed by atoms with Crippen LogP contribution in [0.1, 0.15) is 67.2 Å². The lowest BCUT2D eigenvalue weighted by Gasteiger charge is -2.36. The third-order valence-electron chi connectivity index (χ3n) is 4.71. The highest BCUT2D eigenvalue weighted by Gasteiger charge is 2.33. The summed E-state index contributed by atoms with van der Waals surface area (Å²) in [6, 6.07) is 0.185. The van der Waals surface area contributed by atoms with Gasteiger partial charge in [0.1, 0.15) is 11.2 Å². The molecule has 0 aliphatic heterocycles. The second-order valence-corrected chi connectivity index (χ2v) is 9.55. The second-order valence-electron chi connectivity index (χ2n) is 9.55. The Labute approximate surface area is 168 Å². The summed E-state index contributed by atoms with van der Waals surface area (Å²) in [5, 5.41) is 23.3. The minimum Gasteiger partial charge on any atom is -0.444 e. The van der Waals surface area contributed by atoms with Gasteiger partial charge in [-0.3, -0.25) is 0 Å². The van der Waals surface area contributed by atoms with Gasteiger partial charge in [-0.2, -0.15) is 0 Å². The van der Waals surface area contributed by atoms with E-state index in [1.54, 1.807) is 0 Å². The van der Waals surface area contributed by atoms with Gasteiger partial charge in [-0.1, -0.05) is 0 Å². The van der Waals surface area contributed by atoms with E-state index in [2.05, 4.69) is 10.6 Å². The fraction of sp³-hybridized carbons (Fsp3) is 0.900. The van der Waals surface area contributed by atoms with Crippen molar-refractivity contribution in [1.82, 2.24) is 10.6 Å². The molecule has 164 valence electrons. The first-order chi connectivity index (χ1) is 12.8. The van der Waals surface area contributed by atoms with Gasteiger partial charge < -0.3 is 30.3 Å². The summed E-state index contributed by atoms with van der Waals surface area (Å²) in [7, 11) is 0. The lowest BCUT2D eigenvalue weighted by Crippen LogP contribution is -2.49. The maximum atomic E-state index is 11.3. The number of rotatable bonds is 4. The van der Waals surface area contributed by atoms with E-state index in [0.29, 0.717) is 0 Å². The highest BCUT2D eigenvalue weighted by atomic mass is 16.6. The van der Waals surface area contributed by atoms with Crippen LogP contribution in [-0.2, 0) is 9.47 Å². The third kappa shape index (κ3) is 9.10. The summed E-state index contributed by atoms with van der Waals surface area (Å²) in [5.41, 5.74) is -0.912. The Morgan fingerprint density at radius 2 is 1.07 bits per heavy atom. The Morgan fingerprint density at radius 1 is 0.750 bits per heavy atom. The normalized spacial score (nSPS) is 26.6. The Morgan fingerprint density at radius 3 is 1.25 bits per heavy atom. The summed E-state index contributed by atoms with van der Waals surface area (Å²) in [6.45, 7) is 11.3. The van der Waals surface area contributed by atoms with Crippen molar-refractivity contribution in [1.29, 1.82) is 0 Å². The molecule has 28 heavy (non-hydrogen) atoms. The molecular formula is C20H38N2O6. The van der Waals surface area contributed by atoms with E-state index in [1.807, 2.05) is 41.5 Å². The first-order valence-electron chi connectivity index (χ1n) is 10.1. The summed E-state index contributed by atoms with van der Waals surface area (Å²) in [5.74, 6) is 0.421. The van der Waals surface area contributed by atoms with Gasteiger partial charge in [-0.25, -0.2) is 9.59 Å². The number of ether oxygens (including phenoxy) is 2. The van der Waals surface area contributed by atoms with Gasteiger partial charge in [0.2, 0.25) is 0 Å². The van der Waals surface area contributed by atoms with Crippen molar-refractivity contribution in [3.63, 3.8) is 0 Å². The standard InChI is InChI=1S/2C10H19NO3/c2*1-10(2,3)14-9(13)11-8-5-4-7(8)6-12/h2*7-8,12H,4-6H2,1-3H3,(H,11,13)/t2*7-,8+/m10/s1. The molecular weight excluding hydrogens is 364 g/mol. The van der Waals surface area contributed by atoms with Crippen LogP contribution in [0.2, 0.25) is 0 Å². The minimum atomic E-state index is -0.456. The van der Waals surface area contributed by atoms with Crippen LogP contribution in [0.25, 0.3) is 0 Å². The Kier molecular flexibility index (Phi) is 9.01. The number of carbonyl (C=O) groups is 2. The van der Waals surface area contributed by atoms with Crippen LogP contribution in [0, 0.1) is 11.8 Å². The highest BCUT2D eigenvalue weighted by Crippen LogP contribution is 2.27. The zero-order chi connectivity index (χ0) is 21.5. The van der Waals surface area contributed by atoms with E-state index in [-0.39, 0.29) is 49.3 Å². The number of alkyl carbamates (subject to hydrolysis) is 2. The van der Waals surface area contributed by atoms with Crippen molar-refractivity contribution >= 4 is 12.2 Å². The van der Waals surface area contributed by atoms with E-state index in [4.69, 9.17) is 19.7 Å². The van der Waals surface area contributed by atoms with Crippen molar-refractivity contribution in [3.8, 4) is 0 Å². The lowest BCUT2D eigenvalue weighted by atomic mass is 9.80. The molecule has 0 bridgehead atoms. The first-order valence-corrected chi connectivity index (χ1v) is 10.1. The molecule has 2 fully saturated rings. The van der Waals surface area contributed by atoms with E-state index in [1.165, 1.54) is 0 Å². The predicted molar refractivity (Wildman–Crippen MR) is 106 cm³/mol. The number of aliphatic hydroxyl groups excluding tert-OH is 2. The number of amides is 2. The molecule has 0 heterocycles. The van der Waals surface area contributed by atoms with Crippen LogP contribution in [0.4, 0.5) is 9.59 Å².